The third kappa shape index (κ3) is 3.95. The van der Waals surface area contributed by atoms with Gasteiger partial charge in [0.15, 0.2) is 24.8 Å². The highest BCUT2D eigenvalue weighted by atomic mass is 19.1. The van der Waals surface area contributed by atoms with Gasteiger partial charge in [-0.3, -0.25) is 0 Å². The van der Waals surface area contributed by atoms with E-state index >= 15 is 0 Å². The van der Waals surface area contributed by atoms with Crippen molar-refractivity contribution in [2.75, 3.05) is 6.61 Å². The van der Waals surface area contributed by atoms with E-state index in [1.54, 1.807) is 6.07 Å². The molecule has 3 aromatic rings. The van der Waals surface area contributed by atoms with Crippen LogP contribution in [0.25, 0.3) is 11.4 Å². The lowest BCUT2D eigenvalue weighted by Gasteiger charge is -2.06. The summed E-state index contributed by atoms with van der Waals surface area (Å²) in [4.78, 5) is 15.7. The molecule has 122 valence electrons. The van der Waals surface area contributed by atoms with Crippen molar-refractivity contribution in [2.45, 2.75) is 6.61 Å². The molecule has 0 fully saturated rings. The van der Waals surface area contributed by atoms with Crippen LogP contribution in [0.1, 0.15) is 5.89 Å². The van der Waals surface area contributed by atoms with Crippen LogP contribution in [0.4, 0.5) is 4.39 Å². The predicted octanol–water partition coefficient (Wildman–Crippen LogP) is 3.00. The Labute approximate surface area is 136 Å². The van der Waals surface area contributed by atoms with Crippen LogP contribution in [-0.2, 0) is 16.1 Å². The second kappa shape index (κ2) is 7.36. The van der Waals surface area contributed by atoms with Crippen molar-refractivity contribution in [3.8, 4) is 17.1 Å². The van der Waals surface area contributed by atoms with E-state index in [4.69, 9.17) is 14.0 Å². The fraction of sp³-hybridized carbons (Fsp3) is 0.118. The summed E-state index contributed by atoms with van der Waals surface area (Å²) in [6.45, 7) is -0.597. The Hall–Kier alpha value is -3.22. The number of nitrogens with zero attached hydrogens (tertiary/aromatic N) is 2. The lowest BCUT2D eigenvalue weighted by atomic mass is 10.2. The standard InChI is InChI=1S/C17H13FN2O4/c18-13-8-4-5-9-14(13)22-11-16(21)23-10-15-19-17(20-24-15)12-6-2-1-3-7-12/h1-9H,10-11H2. The van der Waals surface area contributed by atoms with Gasteiger partial charge in [0.25, 0.3) is 5.89 Å². The third-order valence-electron chi connectivity index (χ3n) is 3.04. The molecule has 0 N–H and O–H groups in total. The van der Waals surface area contributed by atoms with E-state index in [1.165, 1.54) is 18.2 Å². The fourth-order valence-corrected chi connectivity index (χ4v) is 1.90. The first-order valence-electron chi connectivity index (χ1n) is 7.13. The Morgan fingerprint density at radius 2 is 1.83 bits per heavy atom. The largest absolute Gasteiger partial charge is 0.479 e. The molecule has 1 heterocycles. The van der Waals surface area contributed by atoms with Crippen LogP contribution in [0.15, 0.2) is 59.1 Å². The van der Waals surface area contributed by atoms with Gasteiger partial charge < -0.3 is 14.0 Å². The zero-order chi connectivity index (χ0) is 16.8. The summed E-state index contributed by atoms with van der Waals surface area (Å²) >= 11 is 0. The molecule has 0 aliphatic carbocycles. The molecule has 24 heavy (non-hydrogen) atoms. The van der Waals surface area contributed by atoms with Crippen LogP contribution in [0.3, 0.4) is 0 Å². The normalized spacial score (nSPS) is 10.4. The van der Waals surface area contributed by atoms with Crippen LogP contribution in [0, 0.1) is 5.82 Å². The van der Waals surface area contributed by atoms with Gasteiger partial charge in [-0.2, -0.15) is 4.98 Å². The molecular weight excluding hydrogens is 315 g/mol. The van der Waals surface area contributed by atoms with E-state index in [-0.39, 0.29) is 18.2 Å². The highest BCUT2D eigenvalue weighted by Crippen LogP contribution is 2.16. The van der Waals surface area contributed by atoms with Crippen molar-refractivity contribution in [1.29, 1.82) is 0 Å². The van der Waals surface area contributed by atoms with Crippen LogP contribution >= 0.6 is 0 Å². The summed E-state index contributed by atoms with van der Waals surface area (Å²) in [6.07, 6.45) is 0. The Bertz CT molecular complexity index is 820. The number of carbonyl (C=O) groups excluding carboxylic acids is 1. The van der Waals surface area contributed by atoms with Gasteiger partial charge in [0.2, 0.25) is 5.82 Å². The second-order valence-electron chi connectivity index (χ2n) is 4.76. The van der Waals surface area contributed by atoms with Crippen molar-refractivity contribution in [3.63, 3.8) is 0 Å². The number of rotatable bonds is 6. The number of benzene rings is 2. The lowest BCUT2D eigenvalue weighted by Crippen LogP contribution is -2.15. The molecule has 3 rings (SSSR count). The second-order valence-corrected chi connectivity index (χ2v) is 4.76. The van der Waals surface area contributed by atoms with Crippen LogP contribution in [0.2, 0.25) is 0 Å². The Balaban J connectivity index is 1.50. The van der Waals surface area contributed by atoms with Gasteiger partial charge in [-0.25, -0.2) is 9.18 Å². The predicted molar refractivity (Wildman–Crippen MR) is 81.4 cm³/mol. The summed E-state index contributed by atoms with van der Waals surface area (Å²) in [5, 5.41) is 3.81. The molecule has 0 aliphatic heterocycles. The van der Waals surface area contributed by atoms with Crippen molar-refractivity contribution in [2.24, 2.45) is 0 Å². The molecule has 0 unspecified atom stereocenters. The van der Waals surface area contributed by atoms with Gasteiger partial charge in [0, 0.05) is 5.56 Å². The van der Waals surface area contributed by atoms with Gasteiger partial charge >= 0.3 is 5.97 Å². The molecule has 1 aromatic heterocycles. The van der Waals surface area contributed by atoms with E-state index in [2.05, 4.69) is 10.1 Å². The molecule has 7 heteroatoms. The summed E-state index contributed by atoms with van der Waals surface area (Å²) < 4.78 is 28.4. The van der Waals surface area contributed by atoms with E-state index in [0.717, 1.165) is 5.56 Å². The third-order valence-corrected chi connectivity index (χ3v) is 3.04. The molecule has 0 bridgehead atoms. The smallest absolute Gasteiger partial charge is 0.344 e. The highest BCUT2D eigenvalue weighted by molar-refractivity contribution is 5.71. The molecule has 0 atom stereocenters. The van der Waals surface area contributed by atoms with Gasteiger partial charge in [-0.1, -0.05) is 47.6 Å². The first-order chi connectivity index (χ1) is 11.7. The zero-order valence-corrected chi connectivity index (χ0v) is 12.5. The summed E-state index contributed by atoms with van der Waals surface area (Å²) in [6, 6.07) is 15.1. The van der Waals surface area contributed by atoms with Crippen LogP contribution < -0.4 is 4.74 Å². The Kier molecular flexibility index (Phi) is 4.81. The van der Waals surface area contributed by atoms with Crippen LogP contribution in [-0.4, -0.2) is 22.7 Å². The number of carbonyl (C=O) groups is 1. The van der Waals surface area contributed by atoms with E-state index < -0.39 is 18.4 Å². The van der Waals surface area contributed by atoms with E-state index in [1.807, 2.05) is 30.3 Å². The number of aromatic nitrogens is 2. The van der Waals surface area contributed by atoms with Crippen LogP contribution in [0.5, 0.6) is 5.75 Å². The maximum Gasteiger partial charge on any atom is 0.344 e. The van der Waals surface area contributed by atoms with E-state index in [0.29, 0.717) is 5.82 Å². The van der Waals surface area contributed by atoms with Gasteiger partial charge in [0.05, 0.1) is 0 Å². The minimum atomic E-state index is -0.669. The van der Waals surface area contributed by atoms with Gasteiger partial charge in [-0.05, 0) is 12.1 Å². The molecule has 0 aliphatic rings. The molecule has 0 radical (unpaired) electrons. The van der Waals surface area contributed by atoms with Crippen molar-refractivity contribution in [1.82, 2.24) is 10.1 Å². The van der Waals surface area contributed by atoms with Gasteiger partial charge in [-0.15, -0.1) is 0 Å². The monoisotopic (exact) mass is 328 g/mol. The molecule has 0 spiro atoms. The maximum atomic E-state index is 13.3. The quantitative estimate of drug-likeness (QED) is 0.648. The van der Waals surface area contributed by atoms with Gasteiger partial charge in [0.1, 0.15) is 0 Å². The number of hydrogen-bond donors (Lipinski definition) is 0. The average Bonchev–Trinajstić information content (AvgIpc) is 3.09. The first-order valence-corrected chi connectivity index (χ1v) is 7.13. The first kappa shape index (κ1) is 15.7. The lowest BCUT2D eigenvalue weighted by molar-refractivity contribution is -0.148. The molecule has 2 aromatic carbocycles. The Morgan fingerprint density at radius 1 is 1.08 bits per heavy atom. The molecule has 6 nitrogen and oxygen atoms in total. The molecular formula is C17H13FN2O4. The topological polar surface area (TPSA) is 74.5 Å². The SMILES string of the molecule is O=C(COc1ccccc1F)OCc1nc(-c2ccccc2)no1. The minimum Gasteiger partial charge on any atom is -0.479 e. The highest BCUT2D eigenvalue weighted by Gasteiger charge is 2.12. The van der Waals surface area contributed by atoms with Crippen molar-refractivity contribution in [3.05, 3.63) is 66.3 Å². The van der Waals surface area contributed by atoms with Crippen molar-refractivity contribution < 1.29 is 23.2 Å². The summed E-state index contributed by atoms with van der Waals surface area (Å²) in [5.41, 5.74) is 0.793. The molecule has 0 saturated carbocycles. The summed E-state index contributed by atoms with van der Waals surface area (Å²) in [5.74, 6) is -0.664. The van der Waals surface area contributed by atoms with E-state index in [9.17, 15) is 9.18 Å². The number of ether oxygens (including phenoxy) is 2. The minimum absolute atomic E-state index is 0.0152. The fourth-order valence-electron chi connectivity index (χ4n) is 1.90. The van der Waals surface area contributed by atoms with Crippen molar-refractivity contribution >= 4 is 5.97 Å². The number of esters is 1. The summed E-state index contributed by atoms with van der Waals surface area (Å²) in [7, 11) is 0. The molecule has 0 saturated heterocycles. The number of para-hydroxylation sites is 1. The average molecular weight is 328 g/mol. The number of halogens is 1. The maximum absolute atomic E-state index is 13.3. The Morgan fingerprint density at radius 3 is 2.62 bits per heavy atom. The molecule has 0 amide bonds. The number of hydrogen-bond acceptors (Lipinski definition) is 6. The zero-order valence-electron chi connectivity index (χ0n) is 12.5.